The van der Waals surface area contributed by atoms with Crippen LogP contribution in [0.15, 0.2) is 15.9 Å². The van der Waals surface area contributed by atoms with Crippen LogP contribution in [0.1, 0.15) is 42.3 Å². The van der Waals surface area contributed by atoms with Crippen molar-refractivity contribution in [1.82, 2.24) is 15.1 Å². The minimum absolute atomic E-state index is 0.0423. The number of likely N-dealkylation sites (tertiary alicyclic amines) is 2. The van der Waals surface area contributed by atoms with Gasteiger partial charge in [0.2, 0.25) is 5.91 Å². The fourth-order valence-corrected chi connectivity index (χ4v) is 4.88. The summed E-state index contributed by atoms with van der Waals surface area (Å²) < 4.78 is 0.914. The Balaban J connectivity index is 1.56. The first-order valence-electron chi connectivity index (χ1n) is 8.63. The zero-order valence-electron chi connectivity index (χ0n) is 14.0. The van der Waals surface area contributed by atoms with E-state index in [9.17, 15) is 9.59 Å². The Morgan fingerprint density at radius 3 is 2.71 bits per heavy atom. The minimum Gasteiger partial charge on any atom is -0.340 e. The van der Waals surface area contributed by atoms with E-state index in [0.717, 1.165) is 42.8 Å². The third kappa shape index (κ3) is 4.18. The summed E-state index contributed by atoms with van der Waals surface area (Å²) in [6.07, 6.45) is 4.66. The van der Waals surface area contributed by atoms with Gasteiger partial charge in [-0.2, -0.15) is 0 Å². The Hall–Kier alpha value is -0.920. The largest absolute Gasteiger partial charge is 0.340 e. The first-order chi connectivity index (χ1) is 11.5. The molecule has 1 aromatic heterocycles. The molecule has 132 valence electrons. The van der Waals surface area contributed by atoms with E-state index in [1.165, 1.54) is 24.2 Å². The zero-order chi connectivity index (χ0) is 17.1. The number of rotatable bonds is 5. The van der Waals surface area contributed by atoms with Crippen molar-refractivity contribution in [2.75, 3.05) is 26.2 Å². The number of thiophene rings is 1. The van der Waals surface area contributed by atoms with Crippen LogP contribution in [0.4, 0.5) is 0 Å². The highest BCUT2D eigenvalue weighted by atomic mass is 79.9. The highest BCUT2D eigenvalue weighted by Crippen LogP contribution is 2.23. The predicted octanol–water partition coefficient (Wildman–Crippen LogP) is 2.72. The summed E-state index contributed by atoms with van der Waals surface area (Å²) in [5.41, 5.74) is 0. The van der Waals surface area contributed by atoms with Crippen LogP contribution < -0.4 is 5.32 Å². The average molecular weight is 414 g/mol. The lowest BCUT2D eigenvalue weighted by Gasteiger charge is -2.30. The third-order valence-electron chi connectivity index (χ3n) is 4.84. The number of amides is 2. The normalized spacial score (nSPS) is 22.8. The van der Waals surface area contributed by atoms with Crippen LogP contribution >= 0.6 is 27.3 Å². The number of nitrogens with zero attached hydrogens (tertiary/aromatic N) is 2. The molecule has 1 aromatic rings. The van der Waals surface area contributed by atoms with Gasteiger partial charge in [0, 0.05) is 19.1 Å². The maximum absolute atomic E-state index is 12.8. The Labute approximate surface area is 155 Å². The molecule has 5 nitrogen and oxygen atoms in total. The highest BCUT2D eigenvalue weighted by molar-refractivity contribution is 9.11. The van der Waals surface area contributed by atoms with Crippen LogP contribution in [0.3, 0.4) is 0 Å². The zero-order valence-corrected chi connectivity index (χ0v) is 16.4. The van der Waals surface area contributed by atoms with Gasteiger partial charge in [-0.3, -0.25) is 9.59 Å². The van der Waals surface area contributed by atoms with E-state index >= 15 is 0 Å². The van der Waals surface area contributed by atoms with Crippen molar-refractivity contribution in [3.63, 3.8) is 0 Å². The summed E-state index contributed by atoms with van der Waals surface area (Å²) in [7, 11) is 0. The SMILES string of the molecule is CC(NC(=O)c1ccc(Br)s1)C(=O)N1CCCC1CN1CCCC1. The molecule has 0 aliphatic carbocycles. The number of hydrogen-bond acceptors (Lipinski definition) is 4. The van der Waals surface area contributed by atoms with Gasteiger partial charge in [0.15, 0.2) is 0 Å². The topological polar surface area (TPSA) is 52.7 Å². The maximum atomic E-state index is 12.8. The van der Waals surface area contributed by atoms with Gasteiger partial charge in [0.05, 0.1) is 8.66 Å². The molecule has 0 aromatic carbocycles. The first-order valence-corrected chi connectivity index (χ1v) is 10.2. The van der Waals surface area contributed by atoms with E-state index in [1.807, 2.05) is 11.0 Å². The predicted molar refractivity (Wildman–Crippen MR) is 99.4 cm³/mol. The quantitative estimate of drug-likeness (QED) is 0.806. The van der Waals surface area contributed by atoms with E-state index in [-0.39, 0.29) is 11.8 Å². The van der Waals surface area contributed by atoms with Crippen molar-refractivity contribution in [3.05, 3.63) is 20.8 Å². The molecule has 0 spiro atoms. The number of nitrogens with one attached hydrogen (secondary N) is 1. The molecule has 2 atom stereocenters. The lowest BCUT2D eigenvalue weighted by atomic mass is 10.2. The molecule has 2 saturated heterocycles. The minimum atomic E-state index is -0.488. The van der Waals surface area contributed by atoms with Crippen molar-refractivity contribution in [2.24, 2.45) is 0 Å². The molecule has 0 bridgehead atoms. The van der Waals surface area contributed by atoms with Crippen molar-refractivity contribution < 1.29 is 9.59 Å². The van der Waals surface area contributed by atoms with E-state index in [4.69, 9.17) is 0 Å². The molecule has 2 unspecified atom stereocenters. The summed E-state index contributed by atoms with van der Waals surface area (Å²) in [6, 6.07) is 3.43. The standard InChI is InChI=1S/C17H24BrN3O2S/c1-12(19-16(22)14-6-7-15(18)24-14)17(23)21-10-4-5-13(21)11-20-8-2-3-9-20/h6-7,12-13H,2-5,8-11H2,1H3,(H,19,22). The molecule has 3 rings (SSSR count). The Kier molecular flexibility index (Phi) is 5.94. The molecular formula is C17H24BrN3O2S. The van der Waals surface area contributed by atoms with Crippen LogP contribution in [0.5, 0.6) is 0 Å². The maximum Gasteiger partial charge on any atom is 0.262 e. The number of halogens is 1. The number of carbonyl (C=O) groups excluding carboxylic acids is 2. The smallest absolute Gasteiger partial charge is 0.262 e. The second kappa shape index (κ2) is 7.97. The average Bonchev–Trinajstić information content (AvgIpc) is 3.28. The Morgan fingerprint density at radius 2 is 2.04 bits per heavy atom. The fourth-order valence-electron chi connectivity index (χ4n) is 3.59. The lowest BCUT2D eigenvalue weighted by Crippen LogP contribution is -2.50. The molecule has 24 heavy (non-hydrogen) atoms. The molecule has 2 amide bonds. The van der Waals surface area contributed by atoms with Gasteiger partial charge in [-0.25, -0.2) is 0 Å². The summed E-state index contributed by atoms with van der Waals surface area (Å²) in [5.74, 6) is -0.137. The monoisotopic (exact) mass is 413 g/mol. The summed E-state index contributed by atoms with van der Waals surface area (Å²) in [5, 5.41) is 2.85. The van der Waals surface area contributed by atoms with Gasteiger partial charge in [-0.05, 0) is 73.8 Å². The summed E-state index contributed by atoms with van der Waals surface area (Å²) in [4.78, 5) is 30.1. The summed E-state index contributed by atoms with van der Waals surface area (Å²) in [6.45, 7) is 5.87. The van der Waals surface area contributed by atoms with Gasteiger partial charge in [-0.1, -0.05) is 0 Å². The first kappa shape index (κ1) is 17.9. The molecule has 0 radical (unpaired) electrons. The van der Waals surface area contributed by atoms with Crippen LogP contribution in [0, 0.1) is 0 Å². The number of hydrogen-bond donors (Lipinski definition) is 1. The third-order valence-corrected chi connectivity index (χ3v) is 6.47. The van der Waals surface area contributed by atoms with E-state index in [2.05, 4.69) is 26.1 Å². The molecule has 2 fully saturated rings. The van der Waals surface area contributed by atoms with Crippen molar-refractivity contribution in [1.29, 1.82) is 0 Å². The van der Waals surface area contributed by atoms with Crippen LogP contribution in [-0.4, -0.2) is 59.9 Å². The van der Waals surface area contributed by atoms with Crippen molar-refractivity contribution in [3.8, 4) is 0 Å². The van der Waals surface area contributed by atoms with Crippen LogP contribution in [0.25, 0.3) is 0 Å². The van der Waals surface area contributed by atoms with Crippen LogP contribution in [0.2, 0.25) is 0 Å². The van der Waals surface area contributed by atoms with Crippen molar-refractivity contribution >= 4 is 39.1 Å². The molecular weight excluding hydrogens is 390 g/mol. The molecule has 0 saturated carbocycles. The molecule has 3 heterocycles. The van der Waals surface area contributed by atoms with Gasteiger partial charge < -0.3 is 15.1 Å². The lowest BCUT2D eigenvalue weighted by molar-refractivity contribution is -0.133. The van der Waals surface area contributed by atoms with Crippen molar-refractivity contribution in [2.45, 2.75) is 44.7 Å². The van der Waals surface area contributed by atoms with Gasteiger partial charge >= 0.3 is 0 Å². The highest BCUT2D eigenvalue weighted by Gasteiger charge is 2.33. The fraction of sp³-hybridized carbons (Fsp3) is 0.647. The summed E-state index contributed by atoms with van der Waals surface area (Å²) >= 11 is 4.73. The second-order valence-corrected chi connectivity index (χ2v) is 9.10. The van der Waals surface area contributed by atoms with E-state index in [0.29, 0.717) is 10.9 Å². The number of carbonyl (C=O) groups is 2. The Bertz CT molecular complexity index is 600. The molecule has 2 aliphatic heterocycles. The van der Waals surface area contributed by atoms with E-state index in [1.54, 1.807) is 13.0 Å². The van der Waals surface area contributed by atoms with Gasteiger partial charge in [0.1, 0.15) is 6.04 Å². The molecule has 7 heteroatoms. The van der Waals surface area contributed by atoms with Crippen LogP contribution in [-0.2, 0) is 4.79 Å². The van der Waals surface area contributed by atoms with E-state index < -0.39 is 6.04 Å². The second-order valence-electron chi connectivity index (χ2n) is 6.63. The van der Waals surface area contributed by atoms with Gasteiger partial charge in [-0.15, -0.1) is 11.3 Å². The Morgan fingerprint density at radius 1 is 1.29 bits per heavy atom. The molecule has 2 aliphatic rings. The molecule has 1 N–H and O–H groups in total. The van der Waals surface area contributed by atoms with Gasteiger partial charge in [0.25, 0.3) is 5.91 Å².